The van der Waals surface area contributed by atoms with Crippen LogP contribution in [0.2, 0.25) is 0 Å². The molecule has 2 saturated carbocycles. The largest absolute Gasteiger partial charge is 0.407 e. The van der Waals surface area contributed by atoms with Gasteiger partial charge in [-0.3, -0.25) is 15.1 Å². The molecule has 2 aliphatic rings. The highest BCUT2D eigenvalue weighted by Gasteiger charge is 2.47. The van der Waals surface area contributed by atoms with Gasteiger partial charge in [-0.15, -0.1) is 0 Å². The van der Waals surface area contributed by atoms with Gasteiger partial charge in [0.2, 0.25) is 5.91 Å². The van der Waals surface area contributed by atoms with E-state index < -0.39 is 29.7 Å². The number of nitriles is 1. The molecule has 1 aromatic carbocycles. The van der Waals surface area contributed by atoms with Crippen LogP contribution in [-0.4, -0.2) is 28.6 Å². The Bertz CT molecular complexity index is 1020. The fraction of sp³-hybridized carbons (Fsp3) is 0.500. The lowest BCUT2D eigenvalue weighted by atomic mass is 9.84. The Morgan fingerprint density at radius 2 is 1.82 bits per heavy atom. The maximum atomic E-state index is 14.3. The standard InChI is InChI=1S/C26H29F3N4O/c27-26(28,29)23(21-8-4-7-20(16-21)19-9-13-31-14-10-19)32-22(15-18-5-2-1-3-6-18)24(34)33-25(17-30)11-12-25/h4,7-10,13-14,16,18,22-23,32H,1-3,5-6,11-12,15H2,(H,33,34)/t22-,23-/m0/s1. The molecule has 2 atom stereocenters. The van der Waals surface area contributed by atoms with Gasteiger partial charge in [0.15, 0.2) is 0 Å². The van der Waals surface area contributed by atoms with Crippen LogP contribution in [0, 0.1) is 17.2 Å². The summed E-state index contributed by atoms with van der Waals surface area (Å²) in [6.07, 6.45) is 4.94. The van der Waals surface area contributed by atoms with Crippen LogP contribution in [0.15, 0.2) is 48.8 Å². The topological polar surface area (TPSA) is 77.8 Å². The van der Waals surface area contributed by atoms with E-state index >= 15 is 0 Å². The summed E-state index contributed by atoms with van der Waals surface area (Å²) in [6.45, 7) is 0. The van der Waals surface area contributed by atoms with Gasteiger partial charge in [0, 0.05) is 12.4 Å². The molecular weight excluding hydrogens is 441 g/mol. The van der Waals surface area contributed by atoms with Crippen LogP contribution in [-0.2, 0) is 4.79 Å². The second kappa shape index (κ2) is 10.1. The Kier molecular flexibility index (Phi) is 7.22. The number of hydrogen-bond donors (Lipinski definition) is 2. The Balaban J connectivity index is 1.60. The molecule has 0 bridgehead atoms. The first kappa shape index (κ1) is 24.2. The van der Waals surface area contributed by atoms with Crippen molar-refractivity contribution in [3.63, 3.8) is 0 Å². The van der Waals surface area contributed by atoms with Gasteiger partial charge >= 0.3 is 6.18 Å². The van der Waals surface area contributed by atoms with E-state index in [-0.39, 0.29) is 11.5 Å². The Hall–Kier alpha value is -2.92. The van der Waals surface area contributed by atoms with Crippen LogP contribution in [0.5, 0.6) is 0 Å². The number of nitrogens with zero attached hydrogens (tertiary/aromatic N) is 2. The number of hydrogen-bond acceptors (Lipinski definition) is 4. The van der Waals surface area contributed by atoms with Crippen molar-refractivity contribution in [2.75, 3.05) is 0 Å². The third-order valence-electron chi connectivity index (χ3n) is 6.87. The van der Waals surface area contributed by atoms with Crippen molar-refractivity contribution in [1.82, 2.24) is 15.6 Å². The highest BCUT2D eigenvalue weighted by molar-refractivity contribution is 5.83. The van der Waals surface area contributed by atoms with E-state index in [1.165, 1.54) is 12.1 Å². The number of alkyl halides is 3. The molecule has 1 heterocycles. The van der Waals surface area contributed by atoms with E-state index in [0.717, 1.165) is 37.7 Å². The zero-order chi connectivity index (χ0) is 24.2. The van der Waals surface area contributed by atoms with Gasteiger partial charge in [-0.25, -0.2) is 0 Å². The molecule has 8 heteroatoms. The number of rotatable bonds is 8. The second-order valence-electron chi connectivity index (χ2n) is 9.48. The lowest BCUT2D eigenvalue weighted by Crippen LogP contribution is -2.52. The predicted octanol–water partition coefficient (Wildman–Crippen LogP) is 5.45. The normalized spacial score (nSPS) is 19.6. The Labute approximate surface area is 197 Å². The number of aromatic nitrogens is 1. The molecule has 1 amide bonds. The number of carbonyl (C=O) groups excluding carboxylic acids is 1. The quantitative estimate of drug-likeness (QED) is 0.538. The summed E-state index contributed by atoms with van der Waals surface area (Å²) in [6, 6.07) is 8.82. The summed E-state index contributed by atoms with van der Waals surface area (Å²) in [5.74, 6) is -0.338. The van der Waals surface area contributed by atoms with Crippen molar-refractivity contribution >= 4 is 5.91 Å². The van der Waals surface area contributed by atoms with Gasteiger partial charge < -0.3 is 5.32 Å². The summed E-state index contributed by atoms with van der Waals surface area (Å²) in [4.78, 5) is 17.1. The number of amides is 1. The number of benzene rings is 1. The lowest BCUT2D eigenvalue weighted by molar-refractivity contribution is -0.161. The molecule has 2 aliphatic carbocycles. The van der Waals surface area contributed by atoms with Crippen molar-refractivity contribution < 1.29 is 18.0 Å². The Morgan fingerprint density at radius 1 is 1.12 bits per heavy atom. The minimum atomic E-state index is -4.60. The van der Waals surface area contributed by atoms with Gasteiger partial charge in [-0.1, -0.05) is 50.3 Å². The van der Waals surface area contributed by atoms with Crippen molar-refractivity contribution in [3.8, 4) is 17.2 Å². The van der Waals surface area contributed by atoms with Gasteiger partial charge in [0.05, 0.1) is 12.1 Å². The van der Waals surface area contributed by atoms with Gasteiger partial charge in [-0.05, 0) is 60.1 Å². The molecule has 180 valence electrons. The van der Waals surface area contributed by atoms with Crippen LogP contribution in [0.4, 0.5) is 13.2 Å². The summed E-state index contributed by atoms with van der Waals surface area (Å²) in [5, 5.41) is 14.7. The fourth-order valence-electron chi connectivity index (χ4n) is 4.74. The SMILES string of the molecule is N#CC1(NC(=O)[C@H](CC2CCCCC2)N[C@@H](c2cccc(-c3ccncc3)c2)C(F)(F)F)CC1. The van der Waals surface area contributed by atoms with E-state index in [9.17, 15) is 23.2 Å². The van der Waals surface area contributed by atoms with Crippen LogP contribution in [0.3, 0.4) is 0 Å². The van der Waals surface area contributed by atoms with Crippen molar-refractivity contribution in [2.45, 2.75) is 75.2 Å². The third-order valence-corrected chi connectivity index (χ3v) is 6.87. The van der Waals surface area contributed by atoms with Crippen molar-refractivity contribution in [2.24, 2.45) is 5.92 Å². The van der Waals surface area contributed by atoms with Gasteiger partial charge in [0.1, 0.15) is 11.6 Å². The number of pyridine rings is 1. The van der Waals surface area contributed by atoms with Gasteiger partial charge in [0.25, 0.3) is 0 Å². The van der Waals surface area contributed by atoms with E-state index in [2.05, 4.69) is 21.7 Å². The van der Waals surface area contributed by atoms with E-state index in [0.29, 0.717) is 24.8 Å². The molecule has 2 fully saturated rings. The third kappa shape index (κ3) is 5.95. The molecule has 34 heavy (non-hydrogen) atoms. The fourth-order valence-corrected chi connectivity index (χ4v) is 4.74. The van der Waals surface area contributed by atoms with E-state index in [1.807, 2.05) is 0 Å². The summed E-state index contributed by atoms with van der Waals surface area (Å²) >= 11 is 0. The highest BCUT2D eigenvalue weighted by atomic mass is 19.4. The number of carbonyl (C=O) groups is 1. The first-order chi connectivity index (χ1) is 16.3. The Morgan fingerprint density at radius 3 is 2.44 bits per heavy atom. The van der Waals surface area contributed by atoms with Gasteiger partial charge in [-0.2, -0.15) is 18.4 Å². The average Bonchev–Trinajstić information content (AvgIpc) is 3.62. The smallest absolute Gasteiger partial charge is 0.336 e. The van der Waals surface area contributed by atoms with Crippen molar-refractivity contribution in [3.05, 3.63) is 54.4 Å². The predicted molar refractivity (Wildman–Crippen MR) is 122 cm³/mol. The van der Waals surface area contributed by atoms with E-state index in [1.54, 1.807) is 36.7 Å². The molecule has 5 nitrogen and oxygen atoms in total. The molecule has 2 N–H and O–H groups in total. The number of halogens is 3. The average molecular weight is 471 g/mol. The summed E-state index contributed by atoms with van der Waals surface area (Å²) in [5.41, 5.74) is 0.521. The minimum Gasteiger partial charge on any atom is -0.336 e. The number of nitrogens with one attached hydrogen (secondary N) is 2. The van der Waals surface area contributed by atoms with Crippen LogP contribution in [0.25, 0.3) is 11.1 Å². The maximum absolute atomic E-state index is 14.3. The molecular formula is C26H29F3N4O. The molecule has 0 radical (unpaired) electrons. The molecule has 2 aromatic rings. The molecule has 0 spiro atoms. The summed E-state index contributed by atoms with van der Waals surface area (Å²) < 4.78 is 42.9. The molecule has 1 aromatic heterocycles. The highest BCUT2D eigenvalue weighted by Crippen LogP contribution is 2.38. The molecule has 0 saturated heterocycles. The summed E-state index contributed by atoms with van der Waals surface area (Å²) in [7, 11) is 0. The van der Waals surface area contributed by atoms with Crippen molar-refractivity contribution in [1.29, 1.82) is 5.26 Å². The lowest BCUT2D eigenvalue weighted by Gasteiger charge is -2.31. The second-order valence-corrected chi connectivity index (χ2v) is 9.48. The molecule has 0 aliphatic heterocycles. The molecule has 4 rings (SSSR count). The van der Waals surface area contributed by atoms with Crippen LogP contribution < -0.4 is 10.6 Å². The zero-order valence-corrected chi connectivity index (χ0v) is 18.9. The molecule has 0 unspecified atom stereocenters. The monoisotopic (exact) mass is 470 g/mol. The first-order valence-corrected chi connectivity index (χ1v) is 11.9. The zero-order valence-electron chi connectivity index (χ0n) is 18.9. The van der Waals surface area contributed by atoms with Crippen LogP contribution >= 0.6 is 0 Å². The van der Waals surface area contributed by atoms with Crippen LogP contribution in [0.1, 0.15) is 63.0 Å². The van der Waals surface area contributed by atoms with E-state index in [4.69, 9.17) is 0 Å². The minimum absolute atomic E-state index is 0.0460. The first-order valence-electron chi connectivity index (χ1n) is 11.9. The maximum Gasteiger partial charge on any atom is 0.407 e.